The van der Waals surface area contributed by atoms with E-state index in [9.17, 15) is 5.11 Å². The van der Waals surface area contributed by atoms with E-state index in [1.54, 1.807) is 10.6 Å². The first-order chi connectivity index (χ1) is 14.9. The number of anilines is 1. The number of hydrogen-bond donors (Lipinski definition) is 2. The van der Waals surface area contributed by atoms with Gasteiger partial charge in [-0.2, -0.15) is 0 Å². The molecule has 0 spiro atoms. The Kier molecular flexibility index (Phi) is 6.23. The molecule has 1 heterocycles. The molecule has 4 aromatic rings. The van der Waals surface area contributed by atoms with E-state index >= 15 is 0 Å². The number of para-hydroxylation sites is 1. The molecule has 0 saturated heterocycles. The van der Waals surface area contributed by atoms with Crippen molar-refractivity contribution in [2.75, 3.05) is 5.32 Å². The standard InChI is InChI=1S/C23H18Cl2N4OS/c1-14-6-11-17(12-19(14)25)26-23(31)28-27-21-18-4-2-3-5-20(18)29(22(21)30)13-15-7-9-16(24)10-8-15/h2-12,30H,13H2,1H3,(H,26,31). The summed E-state index contributed by atoms with van der Waals surface area (Å²) in [4.78, 5) is 0. The van der Waals surface area contributed by atoms with Crippen LogP contribution in [0.25, 0.3) is 10.9 Å². The highest BCUT2D eigenvalue weighted by atomic mass is 35.5. The number of rotatable bonds is 4. The van der Waals surface area contributed by atoms with Gasteiger partial charge in [0, 0.05) is 21.1 Å². The number of aromatic nitrogens is 1. The van der Waals surface area contributed by atoms with Gasteiger partial charge in [0.05, 0.1) is 12.1 Å². The molecule has 0 unspecified atom stereocenters. The molecule has 4 rings (SSSR count). The molecule has 0 amide bonds. The molecular formula is C23H18Cl2N4OS. The Balaban J connectivity index is 1.62. The summed E-state index contributed by atoms with van der Waals surface area (Å²) in [5.41, 5.74) is 3.88. The van der Waals surface area contributed by atoms with Crippen molar-refractivity contribution in [2.45, 2.75) is 13.5 Å². The van der Waals surface area contributed by atoms with Crippen LogP contribution in [-0.2, 0) is 6.54 Å². The van der Waals surface area contributed by atoms with Crippen molar-refractivity contribution in [3.8, 4) is 5.88 Å². The van der Waals surface area contributed by atoms with Crippen molar-refractivity contribution in [3.05, 3.63) is 87.9 Å². The summed E-state index contributed by atoms with van der Waals surface area (Å²) >= 11 is 17.4. The van der Waals surface area contributed by atoms with Crippen LogP contribution in [0.15, 0.2) is 77.0 Å². The number of fused-ring (bicyclic) bond motifs is 1. The summed E-state index contributed by atoms with van der Waals surface area (Å²) in [6, 6.07) is 20.6. The van der Waals surface area contributed by atoms with E-state index in [4.69, 9.17) is 35.4 Å². The van der Waals surface area contributed by atoms with Crippen molar-refractivity contribution >= 4 is 62.8 Å². The lowest BCUT2D eigenvalue weighted by Gasteiger charge is -2.07. The maximum absolute atomic E-state index is 10.9. The summed E-state index contributed by atoms with van der Waals surface area (Å²) in [5, 5.41) is 24.5. The van der Waals surface area contributed by atoms with E-state index < -0.39 is 0 Å². The molecule has 0 aliphatic rings. The Morgan fingerprint density at radius 2 is 1.81 bits per heavy atom. The van der Waals surface area contributed by atoms with Gasteiger partial charge in [-0.25, -0.2) is 0 Å². The molecule has 0 radical (unpaired) electrons. The van der Waals surface area contributed by atoms with Gasteiger partial charge < -0.3 is 15.0 Å². The first-order valence-electron chi connectivity index (χ1n) is 9.46. The predicted molar refractivity (Wildman–Crippen MR) is 131 cm³/mol. The zero-order valence-electron chi connectivity index (χ0n) is 16.5. The SMILES string of the molecule is Cc1ccc(NC(=S)N=Nc2c(O)n(Cc3ccc(Cl)cc3)c3ccccc23)cc1Cl. The second kappa shape index (κ2) is 9.06. The highest BCUT2D eigenvalue weighted by molar-refractivity contribution is 7.80. The minimum atomic E-state index is 0.0149. The van der Waals surface area contributed by atoms with Crippen LogP contribution >= 0.6 is 35.4 Å². The van der Waals surface area contributed by atoms with E-state index in [-0.39, 0.29) is 11.0 Å². The Labute approximate surface area is 194 Å². The highest BCUT2D eigenvalue weighted by Gasteiger charge is 2.16. The minimum absolute atomic E-state index is 0.0149. The molecule has 0 bridgehead atoms. The van der Waals surface area contributed by atoms with Crippen LogP contribution in [0.2, 0.25) is 10.0 Å². The predicted octanol–water partition coefficient (Wildman–Crippen LogP) is 7.49. The number of thiocarbonyl (C=S) groups is 1. The van der Waals surface area contributed by atoms with E-state index in [2.05, 4.69) is 15.5 Å². The largest absolute Gasteiger partial charge is 0.493 e. The average molecular weight is 469 g/mol. The Morgan fingerprint density at radius 1 is 1.06 bits per heavy atom. The summed E-state index contributed by atoms with van der Waals surface area (Å²) < 4.78 is 1.78. The zero-order chi connectivity index (χ0) is 22.0. The molecule has 0 aliphatic heterocycles. The van der Waals surface area contributed by atoms with Crippen LogP contribution in [0.4, 0.5) is 11.4 Å². The van der Waals surface area contributed by atoms with Gasteiger partial charge in [-0.05, 0) is 60.6 Å². The smallest absolute Gasteiger partial charge is 0.221 e. The third-order valence-corrected chi connectivity index (χ3v) is 5.68. The molecular weight excluding hydrogens is 451 g/mol. The van der Waals surface area contributed by atoms with Gasteiger partial charge in [0.2, 0.25) is 11.0 Å². The fourth-order valence-electron chi connectivity index (χ4n) is 3.22. The van der Waals surface area contributed by atoms with E-state index in [0.29, 0.717) is 28.0 Å². The average Bonchev–Trinajstić information content (AvgIpc) is 3.02. The van der Waals surface area contributed by atoms with Gasteiger partial charge in [0.1, 0.15) is 0 Å². The van der Waals surface area contributed by atoms with Crippen molar-refractivity contribution in [3.63, 3.8) is 0 Å². The lowest BCUT2D eigenvalue weighted by Crippen LogP contribution is -2.04. The van der Waals surface area contributed by atoms with E-state index in [1.165, 1.54) is 0 Å². The van der Waals surface area contributed by atoms with E-state index in [0.717, 1.165) is 22.0 Å². The van der Waals surface area contributed by atoms with Crippen LogP contribution in [0, 0.1) is 6.92 Å². The lowest BCUT2D eigenvalue weighted by molar-refractivity contribution is 0.429. The normalized spacial score (nSPS) is 11.3. The summed E-state index contributed by atoms with van der Waals surface area (Å²) in [6.07, 6.45) is 0. The molecule has 156 valence electrons. The number of benzene rings is 3. The number of nitrogens with one attached hydrogen (secondary N) is 1. The third kappa shape index (κ3) is 4.71. The molecule has 1 aromatic heterocycles. The number of aryl methyl sites for hydroxylation is 1. The quantitative estimate of drug-likeness (QED) is 0.240. The van der Waals surface area contributed by atoms with Crippen molar-refractivity contribution in [2.24, 2.45) is 10.2 Å². The van der Waals surface area contributed by atoms with Crippen LogP contribution in [0.1, 0.15) is 11.1 Å². The van der Waals surface area contributed by atoms with Gasteiger partial charge in [0.25, 0.3) is 0 Å². The third-order valence-electron chi connectivity index (χ3n) is 4.84. The number of halogens is 2. The first-order valence-corrected chi connectivity index (χ1v) is 10.6. The van der Waals surface area contributed by atoms with Gasteiger partial charge >= 0.3 is 0 Å². The Bertz CT molecular complexity index is 1300. The van der Waals surface area contributed by atoms with Crippen molar-refractivity contribution < 1.29 is 5.11 Å². The summed E-state index contributed by atoms with van der Waals surface area (Å²) in [6.45, 7) is 2.39. The Morgan fingerprint density at radius 3 is 2.55 bits per heavy atom. The van der Waals surface area contributed by atoms with Gasteiger partial charge in [-0.15, -0.1) is 10.2 Å². The van der Waals surface area contributed by atoms with Crippen molar-refractivity contribution in [1.82, 2.24) is 4.57 Å². The molecule has 0 saturated carbocycles. The number of nitrogens with zero attached hydrogens (tertiary/aromatic N) is 3. The topological polar surface area (TPSA) is 61.9 Å². The van der Waals surface area contributed by atoms with Crippen LogP contribution in [0.5, 0.6) is 5.88 Å². The van der Waals surface area contributed by atoms with Crippen LogP contribution < -0.4 is 5.32 Å². The molecule has 2 N–H and O–H groups in total. The highest BCUT2D eigenvalue weighted by Crippen LogP contribution is 2.39. The molecule has 0 aliphatic carbocycles. The molecule has 31 heavy (non-hydrogen) atoms. The number of hydrogen-bond acceptors (Lipinski definition) is 3. The van der Waals surface area contributed by atoms with Crippen molar-refractivity contribution in [1.29, 1.82) is 0 Å². The van der Waals surface area contributed by atoms with Gasteiger partial charge in [0.15, 0.2) is 5.69 Å². The van der Waals surface area contributed by atoms with E-state index in [1.807, 2.05) is 67.6 Å². The van der Waals surface area contributed by atoms with Crippen LogP contribution in [0.3, 0.4) is 0 Å². The first kappa shape index (κ1) is 21.3. The van der Waals surface area contributed by atoms with Gasteiger partial charge in [-0.1, -0.05) is 59.6 Å². The summed E-state index contributed by atoms with van der Waals surface area (Å²) in [5.74, 6) is 0.0149. The summed E-state index contributed by atoms with van der Waals surface area (Å²) in [7, 11) is 0. The Hall–Kier alpha value is -2.93. The molecule has 0 atom stereocenters. The molecule has 0 fully saturated rings. The second-order valence-electron chi connectivity index (χ2n) is 7.00. The number of aromatic hydroxyl groups is 1. The monoisotopic (exact) mass is 468 g/mol. The number of azo groups is 1. The molecule has 8 heteroatoms. The maximum Gasteiger partial charge on any atom is 0.221 e. The molecule has 5 nitrogen and oxygen atoms in total. The van der Waals surface area contributed by atoms with Gasteiger partial charge in [-0.3, -0.25) is 0 Å². The lowest BCUT2D eigenvalue weighted by atomic mass is 10.2. The maximum atomic E-state index is 10.9. The minimum Gasteiger partial charge on any atom is -0.493 e. The molecule has 3 aromatic carbocycles. The van der Waals surface area contributed by atoms with Crippen LogP contribution in [-0.4, -0.2) is 14.8 Å². The zero-order valence-corrected chi connectivity index (χ0v) is 18.8. The second-order valence-corrected chi connectivity index (χ2v) is 8.23. The fraction of sp³-hybridized carbons (Fsp3) is 0.0870. The fourth-order valence-corrected chi connectivity index (χ4v) is 3.68.